The molecule has 6 nitrogen and oxygen atoms in total. The van der Waals surface area contributed by atoms with Crippen LogP contribution in [0.1, 0.15) is 5.56 Å². The molecular formula is C21H14N4O2S. The molecule has 0 atom stereocenters. The fourth-order valence-electron chi connectivity index (χ4n) is 2.81. The molecule has 0 saturated carbocycles. The van der Waals surface area contributed by atoms with Crippen LogP contribution in [-0.2, 0) is 0 Å². The highest BCUT2D eigenvalue weighted by Gasteiger charge is 2.17. The topological polar surface area (TPSA) is 80.8 Å². The van der Waals surface area contributed by atoms with Crippen molar-refractivity contribution in [2.45, 2.75) is 10.2 Å². The second-order valence-corrected chi connectivity index (χ2v) is 6.81. The second kappa shape index (κ2) is 7.55. The molecule has 0 N–H and O–H groups in total. The fourth-order valence-corrected chi connectivity index (χ4v) is 3.65. The van der Waals surface area contributed by atoms with Gasteiger partial charge in [0.25, 0.3) is 5.56 Å². The molecule has 7 heteroatoms. The van der Waals surface area contributed by atoms with E-state index < -0.39 is 0 Å². The minimum absolute atomic E-state index is 0.189. The third kappa shape index (κ3) is 3.21. The number of hydrogen-bond acceptors (Lipinski definition) is 6. The van der Waals surface area contributed by atoms with Crippen molar-refractivity contribution in [1.82, 2.24) is 14.5 Å². The molecular weight excluding hydrogens is 372 g/mol. The summed E-state index contributed by atoms with van der Waals surface area (Å²) in [5.41, 5.74) is 1.49. The minimum Gasteiger partial charge on any atom is -0.495 e. The van der Waals surface area contributed by atoms with Gasteiger partial charge in [-0.05, 0) is 48.2 Å². The minimum atomic E-state index is -0.189. The highest BCUT2D eigenvalue weighted by molar-refractivity contribution is 7.99. The molecule has 28 heavy (non-hydrogen) atoms. The molecule has 0 saturated heterocycles. The first-order valence-corrected chi connectivity index (χ1v) is 9.22. The number of rotatable bonds is 4. The predicted octanol–water partition coefficient (Wildman–Crippen LogP) is 3.81. The Hall–Kier alpha value is -3.63. The lowest BCUT2D eigenvalue weighted by Crippen LogP contribution is -2.22. The normalized spacial score (nSPS) is 10.6. The van der Waals surface area contributed by atoms with E-state index in [4.69, 9.17) is 15.0 Å². The zero-order valence-electron chi connectivity index (χ0n) is 14.9. The molecule has 0 aliphatic heterocycles. The quantitative estimate of drug-likeness (QED) is 0.496. The zero-order chi connectivity index (χ0) is 19.5. The van der Waals surface area contributed by atoms with Crippen molar-refractivity contribution >= 4 is 22.7 Å². The molecule has 0 amide bonds. The van der Waals surface area contributed by atoms with Gasteiger partial charge in [0.1, 0.15) is 16.8 Å². The Morgan fingerprint density at radius 3 is 2.61 bits per heavy atom. The van der Waals surface area contributed by atoms with Crippen LogP contribution in [0.5, 0.6) is 5.75 Å². The third-order valence-corrected chi connectivity index (χ3v) is 5.04. The first kappa shape index (κ1) is 17.8. The van der Waals surface area contributed by atoms with E-state index in [9.17, 15) is 4.79 Å². The number of para-hydroxylation sites is 3. The summed E-state index contributed by atoms with van der Waals surface area (Å²) in [6.45, 7) is 0. The van der Waals surface area contributed by atoms with Crippen LogP contribution in [-0.4, -0.2) is 21.6 Å². The van der Waals surface area contributed by atoms with Gasteiger partial charge in [-0.25, -0.2) is 9.97 Å². The summed E-state index contributed by atoms with van der Waals surface area (Å²) in [7, 11) is 1.56. The van der Waals surface area contributed by atoms with Crippen molar-refractivity contribution in [1.29, 1.82) is 5.26 Å². The molecule has 2 aromatic heterocycles. The van der Waals surface area contributed by atoms with E-state index in [1.807, 2.05) is 36.4 Å². The molecule has 136 valence electrons. The SMILES string of the molecule is COc1ccccc1-n1c(Sc2ccc(C#N)cn2)nc2ccccc2c1=O. The molecule has 0 fully saturated rings. The number of pyridine rings is 1. The highest BCUT2D eigenvalue weighted by Crippen LogP contribution is 2.30. The van der Waals surface area contributed by atoms with E-state index in [0.29, 0.717) is 38.1 Å². The lowest BCUT2D eigenvalue weighted by atomic mass is 10.2. The second-order valence-electron chi connectivity index (χ2n) is 5.82. The Bertz CT molecular complexity index is 1260. The van der Waals surface area contributed by atoms with Gasteiger partial charge in [0.05, 0.1) is 29.3 Å². The van der Waals surface area contributed by atoms with E-state index in [1.54, 1.807) is 37.4 Å². The summed E-state index contributed by atoms with van der Waals surface area (Å²) in [5.74, 6) is 0.566. The summed E-state index contributed by atoms with van der Waals surface area (Å²) < 4.78 is 6.99. The molecule has 0 spiro atoms. The first-order chi connectivity index (χ1) is 13.7. The Morgan fingerprint density at radius 2 is 1.86 bits per heavy atom. The molecule has 0 aliphatic carbocycles. The summed E-state index contributed by atoms with van der Waals surface area (Å²) in [6, 6.07) is 20.0. The van der Waals surface area contributed by atoms with E-state index in [-0.39, 0.29) is 5.56 Å². The van der Waals surface area contributed by atoms with Crippen molar-refractivity contribution in [3.63, 3.8) is 0 Å². The maximum atomic E-state index is 13.3. The number of hydrogen-bond donors (Lipinski definition) is 0. The van der Waals surface area contributed by atoms with Gasteiger partial charge in [-0.1, -0.05) is 24.3 Å². The zero-order valence-corrected chi connectivity index (χ0v) is 15.7. The van der Waals surface area contributed by atoms with Gasteiger partial charge in [0.15, 0.2) is 5.16 Å². The lowest BCUT2D eigenvalue weighted by Gasteiger charge is -2.15. The van der Waals surface area contributed by atoms with E-state index >= 15 is 0 Å². The van der Waals surface area contributed by atoms with Crippen molar-refractivity contribution < 1.29 is 4.74 Å². The number of methoxy groups -OCH3 is 1. The van der Waals surface area contributed by atoms with Gasteiger partial charge in [0.2, 0.25) is 0 Å². The molecule has 2 heterocycles. The predicted molar refractivity (Wildman–Crippen MR) is 107 cm³/mol. The third-order valence-electron chi connectivity index (χ3n) is 4.13. The van der Waals surface area contributed by atoms with E-state index in [2.05, 4.69) is 4.98 Å². The monoisotopic (exact) mass is 386 g/mol. The number of nitrogens with zero attached hydrogens (tertiary/aromatic N) is 4. The average Bonchev–Trinajstić information content (AvgIpc) is 2.75. The molecule has 4 rings (SSSR count). The Balaban J connectivity index is 1.95. The fraction of sp³-hybridized carbons (Fsp3) is 0.0476. The van der Waals surface area contributed by atoms with Crippen LogP contribution in [0.25, 0.3) is 16.6 Å². The summed E-state index contributed by atoms with van der Waals surface area (Å²) >= 11 is 1.25. The van der Waals surface area contributed by atoms with Crippen LogP contribution in [0.4, 0.5) is 0 Å². The number of ether oxygens (including phenoxy) is 1. The number of benzene rings is 2. The maximum absolute atomic E-state index is 13.3. The summed E-state index contributed by atoms with van der Waals surface area (Å²) in [4.78, 5) is 22.3. The van der Waals surface area contributed by atoms with Crippen LogP contribution in [0.15, 0.2) is 81.8 Å². The largest absolute Gasteiger partial charge is 0.495 e. The molecule has 4 aromatic rings. The Labute approximate surface area is 165 Å². The highest BCUT2D eigenvalue weighted by atomic mass is 32.2. The van der Waals surface area contributed by atoms with Gasteiger partial charge in [-0.15, -0.1) is 0 Å². The smallest absolute Gasteiger partial charge is 0.266 e. The lowest BCUT2D eigenvalue weighted by molar-refractivity contribution is 0.411. The van der Waals surface area contributed by atoms with Crippen molar-refractivity contribution in [2.24, 2.45) is 0 Å². The molecule has 2 aromatic carbocycles. The Kier molecular flexibility index (Phi) is 4.79. The van der Waals surface area contributed by atoms with Gasteiger partial charge in [-0.2, -0.15) is 5.26 Å². The molecule has 0 unspecified atom stereocenters. The Morgan fingerprint density at radius 1 is 1.07 bits per heavy atom. The summed E-state index contributed by atoms with van der Waals surface area (Å²) in [6.07, 6.45) is 1.49. The van der Waals surface area contributed by atoms with Crippen LogP contribution < -0.4 is 10.3 Å². The van der Waals surface area contributed by atoms with Crippen molar-refractivity contribution in [2.75, 3.05) is 7.11 Å². The van der Waals surface area contributed by atoms with Crippen LogP contribution >= 0.6 is 11.8 Å². The molecule has 0 aliphatic rings. The first-order valence-electron chi connectivity index (χ1n) is 8.40. The number of fused-ring (bicyclic) bond motifs is 1. The van der Waals surface area contributed by atoms with E-state index in [0.717, 1.165) is 0 Å². The summed E-state index contributed by atoms with van der Waals surface area (Å²) in [5, 5.41) is 10.6. The van der Waals surface area contributed by atoms with Crippen molar-refractivity contribution in [3.8, 4) is 17.5 Å². The van der Waals surface area contributed by atoms with Gasteiger partial charge in [0, 0.05) is 6.20 Å². The average molecular weight is 386 g/mol. The maximum Gasteiger partial charge on any atom is 0.266 e. The van der Waals surface area contributed by atoms with E-state index in [1.165, 1.54) is 22.5 Å². The van der Waals surface area contributed by atoms with Crippen molar-refractivity contribution in [3.05, 3.63) is 82.8 Å². The van der Waals surface area contributed by atoms with Gasteiger partial charge >= 0.3 is 0 Å². The van der Waals surface area contributed by atoms with Crippen LogP contribution in [0.2, 0.25) is 0 Å². The van der Waals surface area contributed by atoms with Gasteiger partial charge < -0.3 is 4.74 Å². The van der Waals surface area contributed by atoms with Gasteiger partial charge in [-0.3, -0.25) is 9.36 Å². The van der Waals surface area contributed by atoms with Crippen LogP contribution in [0.3, 0.4) is 0 Å². The molecule has 0 radical (unpaired) electrons. The number of nitriles is 1. The van der Waals surface area contributed by atoms with Crippen LogP contribution in [0, 0.1) is 11.3 Å². The standard InChI is InChI=1S/C21H14N4O2S/c1-27-18-9-5-4-8-17(18)25-20(26)15-6-2-3-7-16(15)24-21(25)28-19-11-10-14(12-22)13-23-19/h2-11,13H,1H3. The molecule has 0 bridgehead atoms. The number of aromatic nitrogens is 3.